The van der Waals surface area contributed by atoms with Crippen LogP contribution >= 0.6 is 0 Å². The summed E-state index contributed by atoms with van der Waals surface area (Å²) in [5.41, 5.74) is 4.86. The largest absolute Gasteiger partial charge is 0.271 e. The summed E-state index contributed by atoms with van der Waals surface area (Å²) < 4.78 is 0. The van der Waals surface area contributed by atoms with Gasteiger partial charge in [-0.1, -0.05) is 149 Å². The van der Waals surface area contributed by atoms with Gasteiger partial charge in [-0.05, 0) is 47.9 Å². The van der Waals surface area contributed by atoms with Crippen LogP contribution < -0.4 is 0 Å². The molecule has 0 heterocycles. The van der Waals surface area contributed by atoms with E-state index >= 15 is 0 Å². The van der Waals surface area contributed by atoms with E-state index < -0.39 is 6.15 Å². The molecule has 0 N–H and O–H groups in total. The van der Waals surface area contributed by atoms with Crippen molar-refractivity contribution in [1.29, 1.82) is 0 Å². The average molecular weight is 584 g/mol. The summed E-state index contributed by atoms with van der Waals surface area (Å²) in [6, 6.07) is 42.2. The zero-order valence-corrected chi connectivity index (χ0v) is 27.3. The first-order chi connectivity index (χ1) is 22.1. The average Bonchev–Trinajstić information content (AvgIpc) is 3.11. The maximum atomic E-state index is 3.67. The number of hydrogen-bond acceptors (Lipinski definition) is 0. The SMILES string of the molecule is CCC(C#C[B-](C#CC(CC)c1ccccc1)(C#CC(CC)c1ccccc1)C#CC(CC)c1ccccc1)c1ccccc1. The lowest BCUT2D eigenvalue weighted by molar-refractivity contribution is 0.829. The van der Waals surface area contributed by atoms with Gasteiger partial charge in [-0.2, -0.15) is 0 Å². The highest BCUT2D eigenvalue weighted by atomic mass is 14.1. The molecule has 0 aromatic heterocycles. The van der Waals surface area contributed by atoms with E-state index in [-0.39, 0.29) is 23.7 Å². The minimum atomic E-state index is -2.00. The van der Waals surface area contributed by atoms with Crippen LogP contribution in [-0.2, 0) is 0 Å². The first kappa shape index (κ1) is 33.1. The Balaban J connectivity index is 1.93. The van der Waals surface area contributed by atoms with Crippen LogP contribution in [0.15, 0.2) is 121 Å². The van der Waals surface area contributed by atoms with E-state index in [2.05, 4.69) is 196 Å². The fourth-order valence-corrected chi connectivity index (χ4v) is 5.54. The van der Waals surface area contributed by atoms with Gasteiger partial charge in [0.25, 0.3) is 6.15 Å². The van der Waals surface area contributed by atoms with Gasteiger partial charge in [-0.3, -0.25) is 23.3 Å². The fourth-order valence-electron chi connectivity index (χ4n) is 5.54. The molecule has 0 saturated heterocycles. The Morgan fingerprint density at radius 1 is 0.356 bits per heavy atom. The first-order valence-electron chi connectivity index (χ1n) is 16.6. The zero-order chi connectivity index (χ0) is 31.7. The second-order valence-corrected chi connectivity index (χ2v) is 11.5. The summed E-state index contributed by atoms with van der Waals surface area (Å²) in [4.78, 5) is 0. The lowest BCUT2D eigenvalue weighted by Crippen LogP contribution is -2.30. The van der Waals surface area contributed by atoms with Crippen molar-refractivity contribution in [3.8, 4) is 47.0 Å². The standard InChI is InChI=1S/C44H44B/c1-5-37(41-21-13-9-14-22-41)29-33-45(34-30-38(6-2)42-23-15-10-16-24-42,35-31-39(7-3)43-25-17-11-18-26-43)36-32-40(8-4)44-27-19-12-20-28-44/h9-28,37-40H,5-8H2,1-4H3/q-1. The Labute approximate surface area is 273 Å². The Hall–Kier alpha value is -4.82. The van der Waals surface area contributed by atoms with Crippen LogP contribution in [0.3, 0.4) is 0 Å². The minimum Gasteiger partial charge on any atom is -0.269 e. The zero-order valence-electron chi connectivity index (χ0n) is 27.3. The van der Waals surface area contributed by atoms with Crippen molar-refractivity contribution >= 4 is 6.15 Å². The molecule has 0 bridgehead atoms. The van der Waals surface area contributed by atoms with Crippen molar-refractivity contribution in [2.75, 3.05) is 0 Å². The van der Waals surface area contributed by atoms with Crippen LogP contribution in [0.4, 0.5) is 0 Å². The summed E-state index contributed by atoms with van der Waals surface area (Å²) in [5.74, 6) is 29.6. The van der Waals surface area contributed by atoms with Crippen LogP contribution in [-0.4, -0.2) is 6.15 Å². The van der Waals surface area contributed by atoms with Gasteiger partial charge in [0.2, 0.25) is 0 Å². The van der Waals surface area contributed by atoms with Crippen molar-refractivity contribution in [2.45, 2.75) is 77.0 Å². The highest BCUT2D eigenvalue weighted by Crippen LogP contribution is 2.23. The number of hydrogen-bond donors (Lipinski definition) is 0. The molecule has 0 aliphatic rings. The Kier molecular flexibility index (Phi) is 12.8. The van der Waals surface area contributed by atoms with Gasteiger partial charge in [-0.15, -0.1) is 23.7 Å². The molecule has 4 aromatic carbocycles. The lowest BCUT2D eigenvalue weighted by Gasteiger charge is -2.21. The maximum Gasteiger partial charge on any atom is 0.271 e. The smallest absolute Gasteiger partial charge is 0.269 e. The molecule has 1 heteroatoms. The van der Waals surface area contributed by atoms with Gasteiger partial charge >= 0.3 is 0 Å². The molecule has 0 radical (unpaired) electrons. The first-order valence-corrected chi connectivity index (χ1v) is 16.6. The van der Waals surface area contributed by atoms with Crippen molar-refractivity contribution in [2.24, 2.45) is 0 Å². The van der Waals surface area contributed by atoms with Gasteiger partial charge in [0.15, 0.2) is 0 Å². The summed E-state index contributed by atoms with van der Waals surface area (Å²) in [5, 5.41) is 0. The highest BCUT2D eigenvalue weighted by molar-refractivity contribution is 7.06. The van der Waals surface area contributed by atoms with Crippen LogP contribution in [0.25, 0.3) is 0 Å². The molecule has 4 atom stereocenters. The quantitative estimate of drug-likeness (QED) is 0.143. The monoisotopic (exact) mass is 583 g/mol. The van der Waals surface area contributed by atoms with E-state index in [1.165, 1.54) is 22.3 Å². The molecule has 0 aliphatic heterocycles. The highest BCUT2D eigenvalue weighted by Gasteiger charge is 2.17. The summed E-state index contributed by atoms with van der Waals surface area (Å²) in [7, 11) is 0. The molecule has 4 unspecified atom stereocenters. The van der Waals surface area contributed by atoms with Gasteiger partial charge in [0.05, 0.1) is 0 Å². The molecule has 0 fully saturated rings. The molecule has 0 nitrogen and oxygen atoms in total. The van der Waals surface area contributed by atoms with E-state index in [4.69, 9.17) is 0 Å². The van der Waals surface area contributed by atoms with E-state index in [9.17, 15) is 0 Å². The third-order valence-electron chi connectivity index (χ3n) is 8.34. The van der Waals surface area contributed by atoms with Crippen molar-refractivity contribution < 1.29 is 0 Å². The molecule has 224 valence electrons. The summed E-state index contributed by atoms with van der Waals surface area (Å²) >= 11 is 0. The Bertz CT molecular complexity index is 1440. The molecule has 0 spiro atoms. The second kappa shape index (κ2) is 17.5. The molecular weight excluding hydrogens is 539 g/mol. The van der Waals surface area contributed by atoms with Gasteiger partial charge in [0.1, 0.15) is 0 Å². The summed E-state index contributed by atoms with van der Waals surface area (Å²) in [6.45, 7) is 8.77. The molecule has 0 amide bonds. The molecule has 45 heavy (non-hydrogen) atoms. The molecular formula is C44H44B-. The van der Waals surface area contributed by atoms with Gasteiger partial charge in [0, 0.05) is 23.7 Å². The minimum absolute atomic E-state index is 0.0844. The number of rotatable bonds is 8. The van der Waals surface area contributed by atoms with Crippen LogP contribution in [0.2, 0.25) is 0 Å². The van der Waals surface area contributed by atoms with E-state index in [0.717, 1.165) is 25.7 Å². The van der Waals surface area contributed by atoms with E-state index in [0.29, 0.717) is 0 Å². The Morgan fingerprint density at radius 2 is 0.556 bits per heavy atom. The second-order valence-electron chi connectivity index (χ2n) is 11.5. The number of benzene rings is 4. The van der Waals surface area contributed by atoms with Crippen LogP contribution in [0, 0.1) is 47.0 Å². The van der Waals surface area contributed by atoms with E-state index in [1.807, 2.05) is 0 Å². The molecule has 4 aromatic rings. The van der Waals surface area contributed by atoms with Crippen LogP contribution in [0.1, 0.15) is 99.3 Å². The third kappa shape index (κ3) is 9.58. The normalized spacial score (nSPS) is 14.1. The van der Waals surface area contributed by atoms with E-state index in [1.54, 1.807) is 0 Å². The predicted octanol–water partition coefficient (Wildman–Crippen LogP) is 10.4. The Morgan fingerprint density at radius 3 is 0.733 bits per heavy atom. The van der Waals surface area contributed by atoms with Crippen molar-refractivity contribution in [3.63, 3.8) is 0 Å². The molecule has 4 rings (SSSR count). The molecule has 0 aliphatic carbocycles. The van der Waals surface area contributed by atoms with Gasteiger partial charge < -0.3 is 0 Å². The third-order valence-corrected chi connectivity index (χ3v) is 8.34. The van der Waals surface area contributed by atoms with Crippen molar-refractivity contribution in [3.05, 3.63) is 144 Å². The van der Waals surface area contributed by atoms with Crippen LogP contribution in [0.5, 0.6) is 0 Å². The predicted molar refractivity (Wildman–Crippen MR) is 195 cm³/mol. The summed E-state index contributed by atoms with van der Waals surface area (Å²) in [6.07, 6.45) is 1.62. The van der Waals surface area contributed by atoms with Crippen molar-refractivity contribution in [1.82, 2.24) is 0 Å². The lowest BCUT2D eigenvalue weighted by atomic mass is 9.27. The topological polar surface area (TPSA) is 0 Å². The fraction of sp³-hybridized carbons (Fsp3) is 0.273. The van der Waals surface area contributed by atoms with Gasteiger partial charge in [-0.25, -0.2) is 0 Å². The molecule has 0 saturated carbocycles. The maximum absolute atomic E-state index is 3.67.